The highest BCUT2D eigenvalue weighted by atomic mass is 32.1. The largest absolute Gasteiger partial charge is 0.483 e. The second-order valence-electron chi connectivity index (χ2n) is 6.09. The van der Waals surface area contributed by atoms with Gasteiger partial charge in [0.1, 0.15) is 10.6 Å². The second-order valence-corrected chi connectivity index (χ2v) is 7.01. The van der Waals surface area contributed by atoms with Crippen LogP contribution in [-0.4, -0.2) is 18.4 Å². The number of ether oxygens (including phenoxy) is 1. The summed E-state index contributed by atoms with van der Waals surface area (Å²) in [6, 6.07) is 17.3. The first-order valence-electron chi connectivity index (χ1n) is 8.47. The van der Waals surface area contributed by atoms with Crippen molar-refractivity contribution in [3.05, 3.63) is 76.0 Å². The number of hydrazine groups is 1. The van der Waals surface area contributed by atoms with Gasteiger partial charge in [0.15, 0.2) is 6.61 Å². The lowest BCUT2D eigenvalue weighted by Crippen LogP contribution is -2.43. The highest BCUT2D eigenvalue weighted by Gasteiger charge is 2.15. The van der Waals surface area contributed by atoms with Crippen LogP contribution in [0.3, 0.4) is 0 Å². The predicted octanol–water partition coefficient (Wildman–Crippen LogP) is 3.87. The number of carbonyl (C=O) groups is 2. The Hall–Kier alpha value is -3.12. The van der Waals surface area contributed by atoms with Crippen molar-refractivity contribution in [2.45, 2.75) is 13.8 Å². The summed E-state index contributed by atoms with van der Waals surface area (Å²) in [6.45, 7) is 3.69. The van der Waals surface area contributed by atoms with Crippen LogP contribution in [0.25, 0.3) is 11.1 Å². The third-order valence-corrected chi connectivity index (χ3v) is 4.89. The maximum Gasteiger partial charge on any atom is 0.280 e. The van der Waals surface area contributed by atoms with Crippen LogP contribution in [-0.2, 0) is 4.79 Å². The van der Waals surface area contributed by atoms with Gasteiger partial charge in [-0.3, -0.25) is 20.4 Å². The Labute approximate surface area is 162 Å². The van der Waals surface area contributed by atoms with Crippen molar-refractivity contribution >= 4 is 23.2 Å². The number of thiophene rings is 1. The molecule has 0 aliphatic rings. The van der Waals surface area contributed by atoms with Gasteiger partial charge in [-0.2, -0.15) is 0 Å². The number of amides is 2. The van der Waals surface area contributed by atoms with Crippen LogP contribution in [0.15, 0.2) is 60.0 Å². The van der Waals surface area contributed by atoms with Gasteiger partial charge in [-0.1, -0.05) is 42.5 Å². The fraction of sp³-hybridized carbons (Fsp3) is 0.143. The number of benzene rings is 2. The monoisotopic (exact) mass is 380 g/mol. The molecular weight excluding hydrogens is 360 g/mol. The van der Waals surface area contributed by atoms with Gasteiger partial charge in [-0.25, -0.2) is 0 Å². The number of rotatable bonds is 5. The molecule has 2 N–H and O–H groups in total. The first-order valence-corrected chi connectivity index (χ1v) is 9.34. The van der Waals surface area contributed by atoms with Crippen LogP contribution in [0.5, 0.6) is 5.75 Å². The van der Waals surface area contributed by atoms with E-state index in [0.717, 1.165) is 22.3 Å². The Morgan fingerprint density at radius 1 is 1.00 bits per heavy atom. The maximum absolute atomic E-state index is 12.4. The molecule has 0 saturated heterocycles. The fourth-order valence-electron chi connectivity index (χ4n) is 2.56. The normalized spacial score (nSPS) is 10.3. The van der Waals surface area contributed by atoms with Gasteiger partial charge < -0.3 is 4.74 Å². The van der Waals surface area contributed by atoms with Crippen molar-refractivity contribution in [2.75, 3.05) is 6.61 Å². The molecule has 0 bridgehead atoms. The number of nitrogens with one attached hydrogen (secondary N) is 2. The topological polar surface area (TPSA) is 67.4 Å². The molecule has 6 heteroatoms. The van der Waals surface area contributed by atoms with Crippen molar-refractivity contribution in [1.82, 2.24) is 10.9 Å². The molecule has 2 aromatic carbocycles. The van der Waals surface area contributed by atoms with Crippen LogP contribution in [0, 0.1) is 13.8 Å². The molecule has 2 amide bonds. The van der Waals surface area contributed by atoms with Crippen LogP contribution in [0.1, 0.15) is 20.8 Å². The number of hydrogen-bond donors (Lipinski definition) is 2. The Morgan fingerprint density at radius 3 is 2.56 bits per heavy atom. The minimum atomic E-state index is -0.429. The SMILES string of the molecule is Cc1ccc(C)c(OCC(=O)NNC(=O)c2sccc2-c2ccccc2)c1. The summed E-state index contributed by atoms with van der Waals surface area (Å²) in [4.78, 5) is 25.0. The summed E-state index contributed by atoms with van der Waals surface area (Å²) >= 11 is 1.32. The van der Waals surface area contributed by atoms with Crippen molar-refractivity contribution in [3.63, 3.8) is 0 Å². The van der Waals surface area contributed by atoms with Gasteiger partial charge in [-0.05, 0) is 48.1 Å². The molecular formula is C21H20N2O3S. The van der Waals surface area contributed by atoms with Gasteiger partial charge in [0.2, 0.25) is 0 Å². The highest BCUT2D eigenvalue weighted by Crippen LogP contribution is 2.27. The van der Waals surface area contributed by atoms with Gasteiger partial charge in [-0.15, -0.1) is 11.3 Å². The molecule has 0 atom stereocenters. The van der Waals surface area contributed by atoms with Crippen LogP contribution < -0.4 is 15.6 Å². The van der Waals surface area contributed by atoms with Crippen LogP contribution >= 0.6 is 11.3 Å². The molecule has 3 rings (SSSR count). The van der Waals surface area contributed by atoms with Crippen molar-refractivity contribution in [3.8, 4) is 16.9 Å². The van der Waals surface area contributed by atoms with Gasteiger partial charge in [0, 0.05) is 5.56 Å². The van der Waals surface area contributed by atoms with Crippen molar-refractivity contribution in [2.24, 2.45) is 0 Å². The minimum absolute atomic E-state index is 0.180. The van der Waals surface area contributed by atoms with E-state index in [0.29, 0.717) is 10.6 Å². The molecule has 1 aromatic heterocycles. The summed E-state index contributed by atoms with van der Waals surface area (Å²) in [6.07, 6.45) is 0. The molecule has 5 nitrogen and oxygen atoms in total. The van der Waals surface area contributed by atoms with Crippen LogP contribution in [0.4, 0.5) is 0 Å². The number of hydrogen-bond acceptors (Lipinski definition) is 4. The van der Waals surface area contributed by atoms with Gasteiger partial charge in [0.25, 0.3) is 11.8 Å². The van der Waals surface area contributed by atoms with Crippen LogP contribution in [0.2, 0.25) is 0 Å². The molecule has 1 heterocycles. The van der Waals surface area contributed by atoms with E-state index >= 15 is 0 Å². The Bertz CT molecular complexity index is 951. The lowest BCUT2D eigenvalue weighted by Gasteiger charge is -2.11. The zero-order valence-electron chi connectivity index (χ0n) is 15.1. The lowest BCUT2D eigenvalue weighted by atomic mass is 10.1. The zero-order chi connectivity index (χ0) is 19.2. The lowest BCUT2D eigenvalue weighted by molar-refractivity contribution is -0.123. The van der Waals surface area contributed by atoms with E-state index in [4.69, 9.17) is 4.74 Å². The fourth-order valence-corrected chi connectivity index (χ4v) is 3.37. The molecule has 0 unspecified atom stereocenters. The van der Waals surface area contributed by atoms with E-state index < -0.39 is 5.91 Å². The molecule has 0 aliphatic carbocycles. The molecule has 0 radical (unpaired) electrons. The number of aryl methyl sites for hydroxylation is 2. The Morgan fingerprint density at radius 2 is 1.78 bits per heavy atom. The first kappa shape index (κ1) is 18.7. The van der Waals surface area contributed by atoms with E-state index in [1.54, 1.807) is 0 Å². The Kier molecular flexibility index (Phi) is 5.88. The zero-order valence-corrected chi connectivity index (χ0v) is 15.9. The summed E-state index contributed by atoms with van der Waals surface area (Å²) in [5.74, 6) is -0.132. The van der Waals surface area contributed by atoms with Crippen molar-refractivity contribution in [1.29, 1.82) is 0 Å². The average molecular weight is 380 g/mol. The smallest absolute Gasteiger partial charge is 0.280 e. The third-order valence-electron chi connectivity index (χ3n) is 3.97. The Balaban J connectivity index is 1.56. The summed E-state index contributed by atoms with van der Waals surface area (Å²) in [7, 11) is 0. The van der Waals surface area contributed by atoms with E-state index in [1.165, 1.54) is 11.3 Å². The first-order chi connectivity index (χ1) is 13.0. The summed E-state index contributed by atoms with van der Waals surface area (Å²) in [5.41, 5.74) is 8.63. The predicted molar refractivity (Wildman–Crippen MR) is 107 cm³/mol. The minimum Gasteiger partial charge on any atom is -0.483 e. The van der Waals surface area contributed by atoms with Gasteiger partial charge >= 0.3 is 0 Å². The maximum atomic E-state index is 12.4. The molecule has 0 spiro atoms. The standard InChI is InChI=1S/C21H20N2O3S/c1-14-8-9-15(2)18(12-14)26-13-19(24)22-23-21(25)20-17(10-11-27-20)16-6-4-3-5-7-16/h3-12H,13H2,1-2H3,(H,22,24)(H,23,25). The third kappa shape index (κ3) is 4.74. The second kappa shape index (κ2) is 8.51. The van der Waals surface area contributed by atoms with E-state index in [-0.39, 0.29) is 12.5 Å². The quantitative estimate of drug-likeness (QED) is 0.660. The van der Waals surface area contributed by atoms with E-state index in [1.807, 2.05) is 73.8 Å². The van der Waals surface area contributed by atoms with Gasteiger partial charge in [0.05, 0.1) is 0 Å². The number of carbonyl (C=O) groups excluding carboxylic acids is 2. The average Bonchev–Trinajstić information content (AvgIpc) is 3.17. The molecule has 0 fully saturated rings. The highest BCUT2D eigenvalue weighted by molar-refractivity contribution is 7.12. The molecule has 0 aliphatic heterocycles. The summed E-state index contributed by atoms with van der Waals surface area (Å²) < 4.78 is 5.53. The molecule has 3 aromatic rings. The van der Waals surface area contributed by atoms with E-state index in [2.05, 4.69) is 10.9 Å². The molecule has 27 heavy (non-hydrogen) atoms. The van der Waals surface area contributed by atoms with Crippen molar-refractivity contribution < 1.29 is 14.3 Å². The van der Waals surface area contributed by atoms with E-state index in [9.17, 15) is 9.59 Å². The molecule has 0 saturated carbocycles. The summed E-state index contributed by atoms with van der Waals surface area (Å²) in [5, 5.41) is 1.85. The molecule has 138 valence electrons.